The quantitative estimate of drug-likeness (QED) is 0.218. The molecule has 11 nitrogen and oxygen atoms in total. The van der Waals surface area contributed by atoms with Gasteiger partial charge in [-0.15, -0.1) is 6.58 Å². The molecule has 0 aromatic carbocycles. The van der Waals surface area contributed by atoms with Gasteiger partial charge in [-0.3, -0.25) is 14.4 Å². The number of aldehydes is 1. The van der Waals surface area contributed by atoms with Crippen molar-refractivity contribution in [2.45, 2.75) is 57.8 Å². The van der Waals surface area contributed by atoms with Gasteiger partial charge in [0.25, 0.3) is 5.91 Å². The van der Waals surface area contributed by atoms with E-state index < -0.39 is 48.0 Å². The molecule has 5 N–H and O–H groups in total. The summed E-state index contributed by atoms with van der Waals surface area (Å²) in [7, 11) is 0. The van der Waals surface area contributed by atoms with Crippen LogP contribution in [0.4, 0.5) is 4.79 Å². The van der Waals surface area contributed by atoms with Crippen LogP contribution in [0.2, 0.25) is 0 Å². The smallest absolute Gasteiger partial charge is 0.328 e. The summed E-state index contributed by atoms with van der Waals surface area (Å²) in [6, 6.07) is -3.98. The minimum atomic E-state index is -1.53. The van der Waals surface area contributed by atoms with E-state index in [4.69, 9.17) is 5.73 Å². The predicted molar refractivity (Wildman–Crippen MR) is 113 cm³/mol. The molecule has 174 valence electrons. The second-order valence-corrected chi connectivity index (χ2v) is 7.73. The fourth-order valence-electron chi connectivity index (χ4n) is 3.15. The average molecular weight is 440 g/mol. The first-order chi connectivity index (χ1) is 14.6. The second-order valence-electron chi connectivity index (χ2n) is 7.73. The number of hydrogen-bond donors (Lipinski definition) is 4. The molecular formula is C20H33N5O6. The van der Waals surface area contributed by atoms with Crippen LogP contribution in [0.1, 0.15) is 33.6 Å². The summed E-state index contributed by atoms with van der Waals surface area (Å²) in [4.78, 5) is 63.3. The molecule has 1 rings (SSSR count). The first-order valence-electron chi connectivity index (χ1n) is 10.3. The van der Waals surface area contributed by atoms with Gasteiger partial charge in [-0.05, 0) is 12.3 Å². The zero-order chi connectivity index (χ0) is 23.7. The molecule has 0 aromatic rings. The number of amides is 5. The molecule has 0 aromatic heterocycles. The summed E-state index contributed by atoms with van der Waals surface area (Å²) in [6.45, 7) is 8.37. The number of hydrogen-bond acceptors (Lipinski definition) is 7. The Kier molecular flexibility index (Phi) is 10.3. The molecule has 0 spiro atoms. The third kappa shape index (κ3) is 6.59. The highest BCUT2D eigenvalue weighted by atomic mass is 16.3. The summed E-state index contributed by atoms with van der Waals surface area (Å²) in [5.74, 6) is -2.42. The summed E-state index contributed by atoms with van der Waals surface area (Å²) in [6.07, 6.45) is 1.25. The number of carbonyl (C=O) groups is 5. The van der Waals surface area contributed by atoms with E-state index in [9.17, 15) is 29.1 Å². The fourth-order valence-corrected chi connectivity index (χ4v) is 3.15. The van der Waals surface area contributed by atoms with Gasteiger partial charge in [-0.25, -0.2) is 9.69 Å². The number of imide groups is 1. The summed E-state index contributed by atoms with van der Waals surface area (Å²) >= 11 is 0. The normalized spacial score (nSPS) is 19.0. The van der Waals surface area contributed by atoms with Crippen molar-refractivity contribution in [2.24, 2.45) is 11.7 Å². The molecular weight excluding hydrogens is 406 g/mol. The number of aliphatic hydroxyl groups is 1. The summed E-state index contributed by atoms with van der Waals surface area (Å²) in [5, 5.41) is 15.4. The van der Waals surface area contributed by atoms with Crippen molar-refractivity contribution in [3.05, 3.63) is 12.7 Å². The van der Waals surface area contributed by atoms with Gasteiger partial charge in [0.05, 0.1) is 25.2 Å². The van der Waals surface area contributed by atoms with E-state index in [0.29, 0.717) is 12.7 Å². The Bertz CT molecular complexity index is 698. The topological polar surface area (TPSA) is 162 Å². The molecule has 1 saturated heterocycles. The summed E-state index contributed by atoms with van der Waals surface area (Å²) in [5.41, 5.74) is 5.90. The zero-order valence-electron chi connectivity index (χ0n) is 18.2. The highest BCUT2D eigenvalue weighted by Gasteiger charge is 2.47. The largest absolute Gasteiger partial charge is 0.381 e. The van der Waals surface area contributed by atoms with Crippen molar-refractivity contribution >= 4 is 30.0 Å². The van der Waals surface area contributed by atoms with E-state index in [1.165, 1.54) is 6.08 Å². The molecule has 0 radical (unpaired) electrons. The lowest BCUT2D eigenvalue weighted by molar-refractivity contribution is -0.139. The lowest BCUT2D eigenvalue weighted by atomic mass is 10.0. The highest BCUT2D eigenvalue weighted by molar-refractivity contribution is 6.04. The van der Waals surface area contributed by atoms with Gasteiger partial charge in [-0.2, -0.15) is 0 Å². The maximum absolute atomic E-state index is 13.0. The lowest BCUT2D eigenvalue weighted by Crippen LogP contribution is -2.58. The molecule has 0 saturated carbocycles. The Labute approximate surface area is 182 Å². The maximum Gasteiger partial charge on any atom is 0.328 e. The minimum Gasteiger partial charge on any atom is -0.381 e. The van der Waals surface area contributed by atoms with E-state index in [1.54, 1.807) is 13.8 Å². The number of rotatable bonds is 12. The van der Waals surface area contributed by atoms with E-state index in [0.717, 1.165) is 9.80 Å². The molecule has 1 heterocycles. The number of carbonyl (C=O) groups excluding carboxylic acids is 5. The number of nitrogens with zero attached hydrogens (tertiary/aromatic N) is 2. The number of aliphatic hydroxyl groups excluding tert-OH is 1. The van der Waals surface area contributed by atoms with Gasteiger partial charge in [-0.1, -0.05) is 33.3 Å². The van der Waals surface area contributed by atoms with E-state index in [-0.39, 0.29) is 32.0 Å². The van der Waals surface area contributed by atoms with Gasteiger partial charge < -0.3 is 31.2 Å². The Hall–Kier alpha value is -2.79. The predicted octanol–water partition coefficient (Wildman–Crippen LogP) is -1.25. The van der Waals surface area contributed by atoms with Crippen LogP contribution < -0.4 is 16.4 Å². The van der Waals surface area contributed by atoms with Gasteiger partial charge in [0.1, 0.15) is 12.3 Å². The monoisotopic (exact) mass is 439 g/mol. The molecule has 1 aliphatic rings. The molecule has 1 fully saturated rings. The van der Waals surface area contributed by atoms with Crippen molar-refractivity contribution in [3.8, 4) is 0 Å². The van der Waals surface area contributed by atoms with Crippen LogP contribution in [-0.2, 0) is 19.2 Å². The van der Waals surface area contributed by atoms with Crippen LogP contribution in [0.25, 0.3) is 0 Å². The molecule has 0 aliphatic carbocycles. The van der Waals surface area contributed by atoms with E-state index >= 15 is 0 Å². The highest BCUT2D eigenvalue weighted by Crippen LogP contribution is 2.19. The standard InChI is InChI=1S/C20H33N5O6/c1-5-7-13(16(27)18(29)22-8-6-2)23-17(28)14-11-24(9-10-26)20(31)25(14)19(30)15(21)12(3)4/h6,10,12-16,27H,2,5,7-9,11,21H2,1,3-4H3,(H,22,29)(H,23,28). The maximum atomic E-state index is 13.0. The lowest BCUT2D eigenvalue weighted by Gasteiger charge is -2.28. The van der Waals surface area contributed by atoms with Crippen molar-refractivity contribution < 1.29 is 29.1 Å². The number of nitrogens with one attached hydrogen (secondary N) is 2. The third-order valence-electron chi connectivity index (χ3n) is 5.02. The SMILES string of the molecule is C=CCNC(=O)C(O)C(CCC)NC(=O)C1CN(CC=O)C(=O)N1C(=O)C(N)C(C)C. The molecule has 4 unspecified atom stereocenters. The average Bonchev–Trinajstić information content (AvgIpc) is 3.06. The fraction of sp³-hybridized carbons (Fsp3) is 0.650. The Morgan fingerprint density at radius 1 is 1.35 bits per heavy atom. The zero-order valence-corrected chi connectivity index (χ0v) is 18.2. The van der Waals surface area contributed by atoms with E-state index in [2.05, 4.69) is 17.2 Å². The van der Waals surface area contributed by atoms with Crippen LogP contribution in [-0.4, -0.2) is 88.8 Å². The Morgan fingerprint density at radius 3 is 2.52 bits per heavy atom. The summed E-state index contributed by atoms with van der Waals surface area (Å²) < 4.78 is 0. The van der Waals surface area contributed by atoms with Crippen molar-refractivity contribution in [1.82, 2.24) is 20.4 Å². The minimum absolute atomic E-state index is 0.149. The first-order valence-corrected chi connectivity index (χ1v) is 10.3. The number of urea groups is 1. The third-order valence-corrected chi connectivity index (χ3v) is 5.02. The molecule has 5 amide bonds. The second kappa shape index (κ2) is 12.2. The first kappa shape index (κ1) is 26.2. The van der Waals surface area contributed by atoms with Crippen molar-refractivity contribution in [3.63, 3.8) is 0 Å². The molecule has 31 heavy (non-hydrogen) atoms. The van der Waals surface area contributed by atoms with Crippen molar-refractivity contribution in [1.29, 1.82) is 0 Å². The van der Waals surface area contributed by atoms with Gasteiger partial charge in [0.2, 0.25) is 11.8 Å². The van der Waals surface area contributed by atoms with Crippen LogP contribution in [0.3, 0.4) is 0 Å². The van der Waals surface area contributed by atoms with Gasteiger partial charge in [0, 0.05) is 6.54 Å². The van der Waals surface area contributed by atoms with Crippen LogP contribution in [0, 0.1) is 5.92 Å². The van der Waals surface area contributed by atoms with Crippen LogP contribution in [0.15, 0.2) is 12.7 Å². The van der Waals surface area contributed by atoms with Gasteiger partial charge >= 0.3 is 6.03 Å². The molecule has 0 bridgehead atoms. The van der Waals surface area contributed by atoms with Crippen LogP contribution >= 0.6 is 0 Å². The molecule has 4 atom stereocenters. The number of nitrogens with two attached hydrogens (primary N) is 1. The molecule has 11 heteroatoms. The van der Waals surface area contributed by atoms with E-state index in [1.807, 2.05) is 6.92 Å². The van der Waals surface area contributed by atoms with Gasteiger partial charge in [0.15, 0.2) is 6.10 Å². The Morgan fingerprint density at radius 2 is 2.00 bits per heavy atom. The Balaban J connectivity index is 3.09. The van der Waals surface area contributed by atoms with Crippen molar-refractivity contribution in [2.75, 3.05) is 19.6 Å². The molecule has 1 aliphatic heterocycles. The van der Waals surface area contributed by atoms with Crippen LogP contribution in [0.5, 0.6) is 0 Å².